The summed E-state index contributed by atoms with van der Waals surface area (Å²) < 4.78 is 1.86. The molecule has 1 aliphatic rings. The van der Waals surface area contributed by atoms with Gasteiger partial charge >= 0.3 is 0 Å². The van der Waals surface area contributed by atoms with Crippen LogP contribution in [0.5, 0.6) is 0 Å². The van der Waals surface area contributed by atoms with Crippen LogP contribution in [0.25, 0.3) is 10.7 Å². The van der Waals surface area contributed by atoms with Crippen LogP contribution in [0.2, 0.25) is 0 Å². The highest BCUT2D eigenvalue weighted by Gasteiger charge is 2.34. The maximum absolute atomic E-state index is 6.25. The molecule has 0 bridgehead atoms. The molecule has 0 saturated heterocycles. The molecule has 90 valence electrons. The minimum atomic E-state index is -0.0342. The summed E-state index contributed by atoms with van der Waals surface area (Å²) in [4.78, 5) is 5.72. The third-order valence-corrected chi connectivity index (χ3v) is 4.32. The molecule has 2 aromatic heterocycles. The molecule has 0 aliphatic heterocycles. The molecule has 2 aromatic rings. The second kappa shape index (κ2) is 3.92. The molecule has 0 radical (unpaired) electrons. The number of hydrogen-bond donors (Lipinski definition) is 1. The van der Waals surface area contributed by atoms with Crippen molar-refractivity contribution in [3.63, 3.8) is 0 Å². The first-order valence-electron chi connectivity index (χ1n) is 5.89. The van der Waals surface area contributed by atoms with Crippen LogP contribution >= 0.6 is 11.3 Å². The lowest BCUT2D eigenvalue weighted by molar-refractivity contribution is 0.241. The topological polar surface area (TPSA) is 56.7 Å². The normalized spacial score (nSPS) is 18.0. The van der Waals surface area contributed by atoms with Gasteiger partial charge in [-0.3, -0.25) is 4.68 Å². The molecular formula is C12H16N4S. The molecule has 2 N–H and O–H groups in total. The molecule has 0 amide bonds. The quantitative estimate of drug-likeness (QED) is 0.903. The van der Waals surface area contributed by atoms with Gasteiger partial charge in [0.1, 0.15) is 5.82 Å². The van der Waals surface area contributed by atoms with E-state index in [4.69, 9.17) is 5.73 Å². The van der Waals surface area contributed by atoms with Gasteiger partial charge < -0.3 is 5.73 Å². The van der Waals surface area contributed by atoms with E-state index in [1.807, 2.05) is 29.2 Å². The number of nitrogens with zero attached hydrogens (tertiary/aromatic N) is 3. The first-order valence-corrected chi connectivity index (χ1v) is 6.77. The minimum absolute atomic E-state index is 0.0342. The lowest BCUT2D eigenvalue weighted by Gasteiger charge is -2.37. The second-order valence-corrected chi connectivity index (χ2v) is 5.79. The molecule has 5 heteroatoms. The largest absolute Gasteiger partial charge is 0.325 e. The summed E-state index contributed by atoms with van der Waals surface area (Å²) in [5, 5.41) is 6.50. The van der Waals surface area contributed by atoms with E-state index < -0.39 is 0 Å². The molecule has 2 heterocycles. The van der Waals surface area contributed by atoms with Crippen molar-refractivity contribution in [2.24, 2.45) is 12.8 Å². The molecule has 4 nitrogen and oxygen atoms in total. The molecular weight excluding hydrogens is 232 g/mol. The number of thiophene rings is 1. The van der Waals surface area contributed by atoms with E-state index in [0.29, 0.717) is 0 Å². The fourth-order valence-electron chi connectivity index (χ4n) is 2.20. The Labute approximate surface area is 104 Å². The van der Waals surface area contributed by atoms with Gasteiger partial charge in [0.25, 0.3) is 0 Å². The molecule has 0 atom stereocenters. The minimum Gasteiger partial charge on any atom is -0.325 e. The Kier molecular flexibility index (Phi) is 2.52. The fraction of sp³-hybridized carbons (Fsp3) is 0.500. The average Bonchev–Trinajstić information content (AvgIpc) is 2.86. The highest BCUT2D eigenvalue weighted by molar-refractivity contribution is 7.13. The predicted molar refractivity (Wildman–Crippen MR) is 68.8 cm³/mol. The van der Waals surface area contributed by atoms with Crippen molar-refractivity contribution in [2.75, 3.05) is 0 Å². The van der Waals surface area contributed by atoms with Gasteiger partial charge in [-0.1, -0.05) is 6.07 Å². The molecule has 0 unspecified atom stereocenters. The Morgan fingerprint density at radius 1 is 1.53 bits per heavy atom. The molecule has 3 rings (SSSR count). The van der Waals surface area contributed by atoms with E-state index in [0.717, 1.165) is 35.8 Å². The van der Waals surface area contributed by atoms with Crippen molar-refractivity contribution in [1.29, 1.82) is 0 Å². The summed E-state index contributed by atoms with van der Waals surface area (Å²) in [6.45, 7) is 0. The summed E-state index contributed by atoms with van der Waals surface area (Å²) in [6.07, 6.45) is 4.29. The molecule has 17 heavy (non-hydrogen) atoms. The van der Waals surface area contributed by atoms with E-state index in [-0.39, 0.29) is 5.54 Å². The van der Waals surface area contributed by atoms with Gasteiger partial charge in [-0.05, 0) is 30.7 Å². The summed E-state index contributed by atoms with van der Waals surface area (Å²) in [6, 6.07) is 4.07. The Morgan fingerprint density at radius 2 is 2.35 bits per heavy atom. The third kappa shape index (κ3) is 2.00. The maximum Gasteiger partial charge on any atom is 0.191 e. The van der Waals surface area contributed by atoms with Crippen molar-refractivity contribution in [2.45, 2.75) is 31.2 Å². The number of rotatable bonds is 3. The molecule has 1 aliphatic carbocycles. The van der Waals surface area contributed by atoms with Crippen LogP contribution in [-0.2, 0) is 13.5 Å². The van der Waals surface area contributed by atoms with Gasteiger partial charge in [-0.2, -0.15) is 5.10 Å². The first kappa shape index (κ1) is 10.9. The Morgan fingerprint density at radius 3 is 2.94 bits per heavy atom. The van der Waals surface area contributed by atoms with Gasteiger partial charge in [0.05, 0.1) is 4.88 Å². The van der Waals surface area contributed by atoms with Crippen LogP contribution in [0.15, 0.2) is 17.5 Å². The van der Waals surface area contributed by atoms with Gasteiger partial charge in [-0.25, -0.2) is 4.98 Å². The highest BCUT2D eigenvalue weighted by atomic mass is 32.1. The summed E-state index contributed by atoms with van der Waals surface area (Å²) in [7, 11) is 1.95. The van der Waals surface area contributed by atoms with Crippen molar-refractivity contribution in [3.8, 4) is 10.7 Å². The van der Waals surface area contributed by atoms with E-state index >= 15 is 0 Å². The van der Waals surface area contributed by atoms with Crippen LogP contribution in [0, 0.1) is 0 Å². The van der Waals surface area contributed by atoms with Crippen LogP contribution in [0.3, 0.4) is 0 Å². The zero-order chi connectivity index (χ0) is 11.9. The lowest BCUT2D eigenvalue weighted by atomic mass is 9.75. The van der Waals surface area contributed by atoms with E-state index in [9.17, 15) is 0 Å². The van der Waals surface area contributed by atoms with Crippen molar-refractivity contribution in [1.82, 2.24) is 14.8 Å². The fourth-order valence-corrected chi connectivity index (χ4v) is 2.86. The SMILES string of the molecule is Cn1nc(-c2cccs2)nc1CC1(N)CCC1. The number of aryl methyl sites for hydroxylation is 1. The van der Waals surface area contributed by atoms with Crippen LogP contribution in [0.4, 0.5) is 0 Å². The Balaban J connectivity index is 1.86. The zero-order valence-electron chi connectivity index (χ0n) is 9.89. The van der Waals surface area contributed by atoms with Crippen molar-refractivity contribution < 1.29 is 0 Å². The molecule has 1 fully saturated rings. The van der Waals surface area contributed by atoms with Gasteiger partial charge in [-0.15, -0.1) is 11.3 Å². The molecule has 1 saturated carbocycles. The standard InChI is InChI=1S/C12H16N4S/c1-16-10(8-12(13)5-3-6-12)14-11(15-16)9-4-2-7-17-9/h2,4,7H,3,5-6,8,13H2,1H3. The Bertz CT molecular complexity index is 511. The van der Waals surface area contributed by atoms with Crippen molar-refractivity contribution >= 4 is 11.3 Å². The first-order chi connectivity index (χ1) is 8.16. The van der Waals surface area contributed by atoms with Gasteiger partial charge in [0.15, 0.2) is 5.82 Å². The number of nitrogens with two attached hydrogens (primary N) is 1. The van der Waals surface area contributed by atoms with Crippen LogP contribution < -0.4 is 5.73 Å². The van der Waals surface area contributed by atoms with E-state index in [1.165, 1.54) is 6.42 Å². The third-order valence-electron chi connectivity index (χ3n) is 3.45. The highest BCUT2D eigenvalue weighted by Crippen LogP contribution is 2.32. The van der Waals surface area contributed by atoms with Crippen LogP contribution in [-0.4, -0.2) is 20.3 Å². The number of aromatic nitrogens is 3. The monoisotopic (exact) mass is 248 g/mol. The number of hydrogen-bond acceptors (Lipinski definition) is 4. The van der Waals surface area contributed by atoms with Crippen LogP contribution in [0.1, 0.15) is 25.1 Å². The average molecular weight is 248 g/mol. The zero-order valence-corrected chi connectivity index (χ0v) is 10.7. The second-order valence-electron chi connectivity index (χ2n) is 4.85. The van der Waals surface area contributed by atoms with Crippen molar-refractivity contribution in [3.05, 3.63) is 23.3 Å². The Hall–Kier alpha value is -1.20. The summed E-state index contributed by atoms with van der Waals surface area (Å²) in [5.41, 5.74) is 6.22. The van der Waals surface area contributed by atoms with E-state index in [2.05, 4.69) is 10.1 Å². The maximum atomic E-state index is 6.25. The molecule has 0 spiro atoms. The summed E-state index contributed by atoms with van der Waals surface area (Å²) in [5.74, 6) is 1.82. The van der Waals surface area contributed by atoms with Gasteiger partial charge in [0.2, 0.25) is 0 Å². The van der Waals surface area contributed by atoms with Gasteiger partial charge in [0, 0.05) is 19.0 Å². The van der Waals surface area contributed by atoms with E-state index in [1.54, 1.807) is 11.3 Å². The summed E-state index contributed by atoms with van der Waals surface area (Å²) >= 11 is 1.67. The predicted octanol–water partition coefficient (Wildman–Crippen LogP) is 1.97. The molecule has 0 aromatic carbocycles. The smallest absolute Gasteiger partial charge is 0.191 e. The lowest BCUT2D eigenvalue weighted by Crippen LogP contribution is -2.48.